The molecule has 2 aromatic heterocycles. The number of hydrogen-bond donors (Lipinski definition) is 3. The lowest BCUT2D eigenvalue weighted by molar-refractivity contribution is -0.113. The number of nitrogens with zero attached hydrogens (tertiary/aromatic N) is 3. The molecule has 0 aliphatic heterocycles. The van der Waals surface area contributed by atoms with Crippen LogP contribution in [0.1, 0.15) is 5.76 Å². The van der Waals surface area contributed by atoms with E-state index in [0.717, 1.165) is 11.8 Å². The molecule has 3 rings (SSSR count). The minimum atomic E-state index is -0.428. The summed E-state index contributed by atoms with van der Waals surface area (Å²) in [6.07, 6.45) is 0. The minimum Gasteiger partial charge on any atom is -0.398 e. The van der Waals surface area contributed by atoms with E-state index in [-0.39, 0.29) is 22.5 Å². The van der Waals surface area contributed by atoms with E-state index >= 15 is 0 Å². The molecule has 9 nitrogen and oxygen atoms in total. The van der Waals surface area contributed by atoms with Crippen LogP contribution in [-0.2, 0) is 4.79 Å². The van der Waals surface area contributed by atoms with E-state index in [1.54, 1.807) is 37.3 Å². The highest BCUT2D eigenvalue weighted by molar-refractivity contribution is 7.99. The second-order valence-corrected chi connectivity index (χ2v) is 6.02. The molecule has 0 radical (unpaired) electrons. The second kappa shape index (κ2) is 7.18. The molecule has 0 unspecified atom stereocenters. The average molecular weight is 358 g/mol. The summed E-state index contributed by atoms with van der Waals surface area (Å²) in [5.41, 5.74) is 6.48. The number of H-pyrrole nitrogens is 1. The van der Waals surface area contributed by atoms with Crippen LogP contribution >= 0.6 is 11.8 Å². The summed E-state index contributed by atoms with van der Waals surface area (Å²) in [6, 6.07) is 8.48. The van der Waals surface area contributed by atoms with Crippen LogP contribution < -0.4 is 16.6 Å². The van der Waals surface area contributed by atoms with Gasteiger partial charge in [-0.15, -0.1) is 10.2 Å². The number of nitrogen functional groups attached to an aromatic ring is 1. The van der Waals surface area contributed by atoms with Gasteiger partial charge in [0.25, 0.3) is 5.56 Å². The molecule has 1 aromatic carbocycles. The first-order valence-electron chi connectivity index (χ1n) is 7.21. The van der Waals surface area contributed by atoms with Crippen molar-refractivity contribution in [3.05, 3.63) is 46.4 Å². The quantitative estimate of drug-likeness (QED) is 0.460. The Morgan fingerprint density at radius 1 is 1.36 bits per heavy atom. The summed E-state index contributed by atoms with van der Waals surface area (Å²) < 4.78 is 4.86. The number of aromatic amines is 1. The standard InChI is InChI=1S/C15H14N6O3S/c1-8-6-11(21-24-8)17-12(22)7-25-15-18-14(23)13(19-20-15)9-4-2-3-5-10(9)16/h2-6H,7,16H2,1H3,(H,17,21,22)(H,18,20,23). The number of amides is 1. The van der Waals surface area contributed by atoms with Gasteiger partial charge in [0.2, 0.25) is 5.91 Å². The van der Waals surface area contributed by atoms with E-state index in [1.807, 2.05) is 0 Å². The Labute approximate surface area is 146 Å². The van der Waals surface area contributed by atoms with Crippen LogP contribution in [0.4, 0.5) is 11.5 Å². The van der Waals surface area contributed by atoms with Gasteiger partial charge in [-0.3, -0.25) is 14.6 Å². The van der Waals surface area contributed by atoms with E-state index < -0.39 is 5.56 Å². The average Bonchev–Trinajstić information content (AvgIpc) is 2.99. The lowest BCUT2D eigenvalue weighted by Gasteiger charge is -2.04. The van der Waals surface area contributed by atoms with Gasteiger partial charge >= 0.3 is 0 Å². The van der Waals surface area contributed by atoms with Gasteiger partial charge in [0.05, 0.1) is 5.75 Å². The van der Waals surface area contributed by atoms with Crippen LogP contribution in [0.2, 0.25) is 0 Å². The molecule has 4 N–H and O–H groups in total. The maximum atomic E-state index is 12.2. The zero-order valence-corrected chi connectivity index (χ0v) is 14.0. The molecule has 0 aliphatic carbocycles. The Balaban J connectivity index is 1.66. The Kier molecular flexibility index (Phi) is 4.80. The van der Waals surface area contributed by atoms with Crippen molar-refractivity contribution >= 4 is 29.2 Å². The van der Waals surface area contributed by atoms with Crippen molar-refractivity contribution in [3.63, 3.8) is 0 Å². The van der Waals surface area contributed by atoms with E-state index in [2.05, 4.69) is 25.7 Å². The van der Waals surface area contributed by atoms with Crippen molar-refractivity contribution in [2.24, 2.45) is 0 Å². The number of nitrogens with two attached hydrogens (primary N) is 1. The van der Waals surface area contributed by atoms with Crippen LogP contribution in [0.15, 0.2) is 44.8 Å². The number of aromatic nitrogens is 4. The molecule has 128 valence electrons. The largest absolute Gasteiger partial charge is 0.398 e. The van der Waals surface area contributed by atoms with E-state index in [1.165, 1.54) is 0 Å². The second-order valence-electron chi connectivity index (χ2n) is 5.05. The third-order valence-corrected chi connectivity index (χ3v) is 3.99. The summed E-state index contributed by atoms with van der Waals surface area (Å²) in [5, 5.41) is 14.3. The fourth-order valence-electron chi connectivity index (χ4n) is 2.01. The summed E-state index contributed by atoms with van der Waals surface area (Å²) in [6.45, 7) is 1.72. The normalized spacial score (nSPS) is 10.6. The molecule has 0 bridgehead atoms. The van der Waals surface area contributed by atoms with E-state index in [4.69, 9.17) is 10.3 Å². The molecule has 0 saturated heterocycles. The van der Waals surface area contributed by atoms with Gasteiger partial charge < -0.3 is 15.6 Å². The Morgan fingerprint density at radius 3 is 2.84 bits per heavy atom. The zero-order valence-electron chi connectivity index (χ0n) is 13.1. The van der Waals surface area contributed by atoms with Gasteiger partial charge in [-0.25, -0.2) is 0 Å². The molecule has 3 aromatic rings. The zero-order chi connectivity index (χ0) is 17.8. The topological polar surface area (TPSA) is 140 Å². The fraction of sp³-hybridized carbons (Fsp3) is 0.133. The summed E-state index contributed by atoms with van der Waals surface area (Å²) in [5.74, 6) is 0.646. The smallest absolute Gasteiger partial charge is 0.278 e. The highest BCUT2D eigenvalue weighted by atomic mass is 32.2. The molecule has 0 atom stereocenters. The van der Waals surface area contributed by atoms with Gasteiger partial charge in [-0.2, -0.15) is 0 Å². The molecule has 25 heavy (non-hydrogen) atoms. The number of aryl methyl sites for hydroxylation is 1. The van der Waals surface area contributed by atoms with Crippen molar-refractivity contribution in [2.45, 2.75) is 12.1 Å². The van der Waals surface area contributed by atoms with Crippen molar-refractivity contribution in [1.29, 1.82) is 0 Å². The number of hydrogen-bond acceptors (Lipinski definition) is 8. The molecule has 0 saturated carbocycles. The molecule has 0 fully saturated rings. The van der Waals surface area contributed by atoms with Gasteiger partial charge in [-0.05, 0) is 13.0 Å². The van der Waals surface area contributed by atoms with Crippen LogP contribution in [0.3, 0.4) is 0 Å². The molecule has 0 aliphatic rings. The Hall–Kier alpha value is -3.14. The van der Waals surface area contributed by atoms with Crippen LogP contribution in [-0.4, -0.2) is 32.0 Å². The van der Waals surface area contributed by atoms with E-state index in [9.17, 15) is 9.59 Å². The number of benzene rings is 1. The number of carbonyl (C=O) groups is 1. The molecule has 10 heteroatoms. The first-order valence-corrected chi connectivity index (χ1v) is 8.19. The molecule has 2 heterocycles. The Morgan fingerprint density at radius 2 is 2.16 bits per heavy atom. The summed E-state index contributed by atoms with van der Waals surface area (Å²) in [4.78, 5) is 26.6. The lowest BCUT2D eigenvalue weighted by atomic mass is 10.1. The SMILES string of the molecule is Cc1cc(NC(=O)CSc2nnc(-c3ccccc3N)c(=O)[nH]2)no1. The predicted molar refractivity (Wildman–Crippen MR) is 93.1 cm³/mol. The third-order valence-electron chi connectivity index (χ3n) is 3.13. The van der Waals surface area contributed by atoms with E-state index in [0.29, 0.717) is 22.8 Å². The lowest BCUT2D eigenvalue weighted by Crippen LogP contribution is -2.17. The summed E-state index contributed by atoms with van der Waals surface area (Å²) in [7, 11) is 0. The van der Waals surface area contributed by atoms with Crippen LogP contribution in [0.5, 0.6) is 0 Å². The van der Waals surface area contributed by atoms with Crippen LogP contribution in [0, 0.1) is 6.92 Å². The van der Waals surface area contributed by atoms with Crippen molar-refractivity contribution < 1.29 is 9.32 Å². The Bertz CT molecular complexity index is 968. The molecular weight excluding hydrogens is 344 g/mol. The van der Waals surface area contributed by atoms with Gasteiger partial charge in [0, 0.05) is 17.3 Å². The van der Waals surface area contributed by atoms with Crippen LogP contribution in [0.25, 0.3) is 11.3 Å². The number of anilines is 2. The molecule has 1 amide bonds. The predicted octanol–water partition coefficient (Wildman–Crippen LogP) is 1.44. The first-order chi connectivity index (χ1) is 12.0. The molecular formula is C15H14N6O3S. The van der Waals surface area contributed by atoms with Gasteiger partial charge in [0.15, 0.2) is 16.7 Å². The highest BCUT2D eigenvalue weighted by Gasteiger charge is 2.12. The number of para-hydroxylation sites is 1. The number of nitrogens with one attached hydrogen (secondary N) is 2. The number of thioether (sulfide) groups is 1. The maximum absolute atomic E-state index is 12.2. The third kappa shape index (κ3) is 4.04. The minimum absolute atomic E-state index is 0.0311. The number of rotatable bonds is 5. The maximum Gasteiger partial charge on any atom is 0.278 e. The van der Waals surface area contributed by atoms with Gasteiger partial charge in [0.1, 0.15) is 5.76 Å². The number of carbonyl (C=O) groups excluding carboxylic acids is 1. The first kappa shape index (κ1) is 16.7. The monoisotopic (exact) mass is 358 g/mol. The van der Waals surface area contributed by atoms with Crippen molar-refractivity contribution in [2.75, 3.05) is 16.8 Å². The highest BCUT2D eigenvalue weighted by Crippen LogP contribution is 2.20. The van der Waals surface area contributed by atoms with Crippen molar-refractivity contribution in [1.82, 2.24) is 20.3 Å². The van der Waals surface area contributed by atoms with Crippen molar-refractivity contribution in [3.8, 4) is 11.3 Å². The fourth-order valence-corrected chi connectivity index (χ4v) is 2.62. The summed E-state index contributed by atoms with van der Waals surface area (Å²) >= 11 is 1.05. The molecule has 0 spiro atoms. The van der Waals surface area contributed by atoms with Gasteiger partial charge in [-0.1, -0.05) is 35.1 Å².